The van der Waals surface area contributed by atoms with E-state index in [0.29, 0.717) is 17.8 Å². The molecule has 1 aromatic rings. The number of hydrogen-bond acceptors (Lipinski definition) is 19. The van der Waals surface area contributed by atoms with Gasteiger partial charge in [0.05, 0.1) is 74.4 Å². The predicted octanol–water partition coefficient (Wildman–Crippen LogP) is 1.91. The molecule has 24 heteroatoms. The van der Waals surface area contributed by atoms with Crippen LogP contribution < -0.4 is 27.0 Å². The van der Waals surface area contributed by atoms with E-state index >= 15 is 0 Å². The Hall–Kier alpha value is -5.22. The second-order valence-corrected chi connectivity index (χ2v) is 17.1. The molecule has 3 fully saturated rings. The van der Waals surface area contributed by atoms with Gasteiger partial charge in [0, 0.05) is 38.2 Å². The summed E-state index contributed by atoms with van der Waals surface area (Å²) in [7, 11) is 2.45. The van der Waals surface area contributed by atoms with Gasteiger partial charge in [-0.2, -0.15) is 0 Å². The molecule has 0 saturated carbocycles. The zero-order valence-corrected chi connectivity index (χ0v) is 39.8. The Morgan fingerprint density at radius 2 is 1.41 bits per heavy atom. The lowest BCUT2D eigenvalue weighted by Gasteiger charge is -2.45. The molecule has 0 aliphatic carbocycles. The van der Waals surface area contributed by atoms with Crippen molar-refractivity contribution in [2.24, 2.45) is 11.7 Å². The topological polar surface area (TPSA) is 332 Å². The smallest absolute Gasteiger partial charge is 0.413 e. The standard InChI is InChI=1S/C33H47NO13.C12H14N4O4S2/c1-18-10-8-6-4-3-5-7-9-11-21(45-32-30(39)28(34)29(38)19(2)44-32)15-25-27(31(40)41)22(36)17-33(42,47-25)16-20(35)14-24-23(46-24)12-13-26(37)43-18;1-19-11(17)15-9(21)13-7-5-3-4-6-8(7)14-10(22)16-12(18)20-2/h3-9,11-13,18-25,27-30,32,35-36,38-39,42H,10,14-17,34H2,1-2H3,(H,40,41);3-6H,1-2H3,(H2,13,15,17,21)(H2,14,16,18,22)/b4-3+,7-5+,8-6+,11-9+,13-12+;/t18-,19-,20+,21+,22+,23-,24-,25+,27-,28+,29-,30+,32+,33-;/m1./s1. The molecule has 0 spiro atoms. The van der Waals surface area contributed by atoms with Crippen LogP contribution in [0, 0.1) is 5.92 Å². The summed E-state index contributed by atoms with van der Waals surface area (Å²) in [5, 5.41) is 74.3. The third-order valence-corrected chi connectivity index (χ3v) is 11.2. The number of benzene rings is 1. The minimum absolute atomic E-state index is 0.0490. The number of carboxylic acids is 1. The number of carbonyl (C=O) groups excluding carboxylic acids is 3. The number of aliphatic carboxylic acids is 1. The summed E-state index contributed by atoms with van der Waals surface area (Å²) in [6.07, 6.45) is 3.88. The molecule has 22 nitrogen and oxygen atoms in total. The van der Waals surface area contributed by atoms with Crippen molar-refractivity contribution in [3.63, 3.8) is 0 Å². The molecule has 2 amide bonds. The molecule has 1 aromatic carbocycles. The number of carbonyl (C=O) groups is 4. The van der Waals surface area contributed by atoms with Gasteiger partial charge in [-0.05, 0) is 56.5 Å². The number of methoxy groups -OCH3 is 2. The Morgan fingerprint density at radius 3 is 2.00 bits per heavy atom. The van der Waals surface area contributed by atoms with Crippen molar-refractivity contribution in [2.45, 2.75) is 125 Å². The fourth-order valence-corrected chi connectivity index (χ4v) is 7.69. The van der Waals surface area contributed by atoms with E-state index in [4.69, 9.17) is 53.9 Å². The lowest BCUT2D eigenvalue weighted by Crippen LogP contribution is -2.61. The van der Waals surface area contributed by atoms with Gasteiger partial charge in [0.2, 0.25) is 0 Å². The van der Waals surface area contributed by atoms with E-state index in [0.717, 1.165) is 0 Å². The molecule has 4 aliphatic heterocycles. The molecular formula is C45H61N5O17S2. The van der Waals surface area contributed by atoms with Crippen LogP contribution in [-0.2, 0) is 42.7 Å². The summed E-state index contributed by atoms with van der Waals surface area (Å²) in [6, 6.07) is 5.84. The third kappa shape index (κ3) is 18.6. The van der Waals surface area contributed by atoms with Crippen LogP contribution >= 0.6 is 24.4 Å². The fourth-order valence-electron chi connectivity index (χ4n) is 7.30. The number of aliphatic hydroxyl groups is 5. The molecule has 380 valence electrons. The molecule has 4 heterocycles. The maximum atomic E-state index is 12.3. The first-order chi connectivity index (χ1) is 32.7. The number of cyclic esters (lactones) is 1. The monoisotopic (exact) mass is 1010 g/mol. The number of alkyl carbamates (subject to hydrolysis) is 2. The zero-order valence-electron chi connectivity index (χ0n) is 38.2. The highest BCUT2D eigenvalue weighted by Crippen LogP contribution is 2.39. The number of para-hydroxylation sites is 2. The summed E-state index contributed by atoms with van der Waals surface area (Å²) >= 11 is 9.93. The maximum absolute atomic E-state index is 12.3. The molecule has 4 aliphatic rings. The highest BCUT2D eigenvalue weighted by atomic mass is 32.1. The van der Waals surface area contributed by atoms with Crippen molar-refractivity contribution < 1.29 is 83.0 Å². The Balaban J connectivity index is 0.000000395. The Morgan fingerprint density at radius 1 is 0.812 bits per heavy atom. The fraction of sp³-hybridized carbons (Fsp3) is 0.511. The van der Waals surface area contributed by atoms with Crippen molar-refractivity contribution in [3.8, 4) is 0 Å². The van der Waals surface area contributed by atoms with Gasteiger partial charge >= 0.3 is 24.1 Å². The van der Waals surface area contributed by atoms with Crippen molar-refractivity contribution in [2.75, 3.05) is 24.9 Å². The van der Waals surface area contributed by atoms with Gasteiger partial charge in [0.15, 0.2) is 22.3 Å². The van der Waals surface area contributed by atoms with Crippen molar-refractivity contribution in [1.29, 1.82) is 0 Å². The third-order valence-electron chi connectivity index (χ3n) is 10.8. The number of rotatable bonds is 5. The lowest BCUT2D eigenvalue weighted by atomic mass is 9.83. The van der Waals surface area contributed by atoms with Crippen molar-refractivity contribution >= 4 is 70.2 Å². The van der Waals surface area contributed by atoms with Gasteiger partial charge in [0.25, 0.3) is 0 Å². The largest absolute Gasteiger partial charge is 0.481 e. The second kappa shape index (κ2) is 27.2. The number of amides is 2. The number of thiocarbonyl (C=S) groups is 2. The number of ether oxygens (including phenoxy) is 7. The molecule has 14 atom stereocenters. The number of esters is 1. The van der Waals surface area contributed by atoms with E-state index in [1.807, 2.05) is 6.08 Å². The average Bonchev–Trinajstić information content (AvgIpc) is 4.02. The normalized spacial score (nSPS) is 35.1. The highest BCUT2D eigenvalue weighted by molar-refractivity contribution is 7.80. The first-order valence-electron chi connectivity index (χ1n) is 21.8. The van der Waals surface area contributed by atoms with Crippen molar-refractivity contribution in [1.82, 2.24) is 10.6 Å². The van der Waals surface area contributed by atoms with Gasteiger partial charge in [-0.1, -0.05) is 60.7 Å². The van der Waals surface area contributed by atoms with E-state index in [-0.39, 0.29) is 35.6 Å². The number of fused-ring (bicyclic) bond motifs is 3. The summed E-state index contributed by atoms with van der Waals surface area (Å²) < 4.78 is 37.4. The molecule has 2 bridgehead atoms. The number of hydrogen-bond donors (Lipinski definition) is 11. The Bertz CT molecular complexity index is 2040. The number of anilines is 2. The molecule has 5 rings (SSSR count). The second-order valence-electron chi connectivity index (χ2n) is 16.3. The van der Waals surface area contributed by atoms with Crippen LogP contribution in [0.1, 0.15) is 46.0 Å². The summed E-state index contributed by atoms with van der Waals surface area (Å²) in [4.78, 5) is 46.6. The lowest BCUT2D eigenvalue weighted by molar-refractivity contribution is -0.308. The minimum Gasteiger partial charge on any atom is -0.481 e. The summed E-state index contributed by atoms with van der Waals surface area (Å²) in [5.41, 5.74) is 7.05. The van der Waals surface area contributed by atoms with Gasteiger partial charge in [0.1, 0.15) is 24.2 Å². The van der Waals surface area contributed by atoms with Crippen molar-refractivity contribution in [3.05, 3.63) is 85.0 Å². The Labute approximate surface area is 409 Å². The van der Waals surface area contributed by atoms with Crippen LogP contribution in [0.5, 0.6) is 0 Å². The molecule has 0 aromatic heterocycles. The molecular weight excluding hydrogens is 947 g/mol. The van der Waals surface area contributed by atoms with Crippen LogP contribution in [0.4, 0.5) is 21.0 Å². The number of carboxylic acid groups (broad SMARTS) is 1. The van der Waals surface area contributed by atoms with Gasteiger partial charge in [-0.3, -0.25) is 15.4 Å². The Kier molecular flexibility index (Phi) is 22.3. The first kappa shape index (κ1) is 56.4. The summed E-state index contributed by atoms with van der Waals surface area (Å²) in [5.74, 6) is -5.45. The number of epoxide rings is 1. The van der Waals surface area contributed by atoms with Crippen LogP contribution in [0.25, 0.3) is 0 Å². The SMILES string of the molecule is COC(=O)NC(=S)Nc1ccccc1NC(=S)NC(=O)OC.C[C@@H]1C/C=C/C=C/C=C/C=C/[C@H](O[C@@H]2O[C@H](C)[C@@H](O)[C@H](N)[C@@H]2O)C[C@@H]2O[C@](O)(C[C@@H](O)C[C@H]3O[C@@H]3/C=C/C(=O)O1)C[C@H](O)[C@H]2C(=O)O. The average molecular weight is 1010 g/mol. The maximum Gasteiger partial charge on any atom is 0.413 e. The molecule has 0 radical (unpaired) electrons. The van der Waals surface area contributed by atoms with E-state index < -0.39 is 110 Å². The minimum atomic E-state index is -2.10. The van der Waals surface area contributed by atoms with E-state index in [9.17, 15) is 49.8 Å². The van der Waals surface area contributed by atoms with E-state index in [2.05, 4.69) is 30.7 Å². The number of allylic oxidation sites excluding steroid dienone is 6. The number of aliphatic hydroxyl groups excluding tert-OH is 4. The van der Waals surface area contributed by atoms with Crippen LogP contribution in [0.15, 0.2) is 85.0 Å². The molecule has 0 unspecified atom stereocenters. The first-order valence-corrected chi connectivity index (χ1v) is 22.6. The van der Waals surface area contributed by atoms with Crippen LogP contribution in [0.2, 0.25) is 0 Å². The number of nitrogens with two attached hydrogens (primary N) is 1. The zero-order chi connectivity index (χ0) is 50.8. The highest BCUT2D eigenvalue weighted by Gasteiger charge is 2.51. The van der Waals surface area contributed by atoms with E-state index in [1.54, 1.807) is 80.6 Å². The molecule has 12 N–H and O–H groups in total. The molecule has 69 heavy (non-hydrogen) atoms. The molecule has 3 saturated heterocycles. The number of nitrogens with one attached hydrogen (secondary N) is 4. The quantitative estimate of drug-likeness (QED) is 0.0869. The van der Waals surface area contributed by atoms with Gasteiger partial charge in [-0.15, -0.1) is 0 Å². The summed E-state index contributed by atoms with van der Waals surface area (Å²) in [6.45, 7) is 3.34. The predicted molar refractivity (Wildman–Crippen MR) is 255 cm³/mol. The van der Waals surface area contributed by atoms with E-state index in [1.165, 1.54) is 26.4 Å². The van der Waals surface area contributed by atoms with Gasteiger partial charge in [-0.25, -0.2) is 14.4 Å². The van der Waals surface area contributed by atoms with Gasteiger partial charge < -0.3 is 80.2 Å². The van der Waals surface area contributed by atoms with Crippen LogP contribution in [-0.4, -0.2) is 158 Å². The van der Waals surface area contributed by atoms with Crippen LogP contribution in [0.3, 0.4) is 0 Å².